The summed E-state index contributed by atoms with van der Waals surface area (Å²) in [5.74, 6) is 1.70. The molecule has 1 aliphatic rings. The summed E-state index contributed by atoms with van der Waals surface area (Å²) in [6.45, 7) is 4.41. The Hall–Kier alpha value is -0.670. The van der Waals surface area contributed by atoms with E-state index in [1.165, 1.54) is 22.4 Å². The molecule has 1 atom stereocenters. The second kappa shape index (κ2) is 5.78. The van der Waals surface area contributed by atoms with E-state index in [2.05, 4.69) is 30.6 Å². The molecule has 1 aromatic rings. The van der Waals surface area contributed by atoms with E-state index >= 15 is 0 Å². The molecule has 2 rings (SSSR count). The van der Waals surface area contributed by atoms with Crippen LogP contribution in [-0.2, 0) is 6.42 Å². The van der Waals surface area contributed by atoms with Gasteiger partial charge in [0.2, 0.25) is 0 Å². The predicted molar refractivity (Wildman–Crippen MR) is 74.4 cm³/mol. The third-order valence-corrected chi connectivity index (χ3v) is 4.31. The highest BCUT2D eigenvalue weighted by Gasteiger charge is 2.21. The van der Waals surface area contributed by atoms with Gasteiger partial charge in [0.05, 0.1) is 7.11 Å². The molecule has 0 bridgehead atoms. The van der Waals surface area contributed by atoms with Gasteiger partial charge in [-0.2, -0.15) is 0 Å². The summed E-state index contributed by atoms with van der Waals surface area (Å²) in [5.41, 5.74) is 2.77. The minimum atomic E-state index is 0.650. The van der Waals surface area contributed by atoms with Gasteiger partial charge in [-0.15, -0.1) is 11.8 Å². The van der Waals surface area contributed by atoms with Crippen molar-refractivity contribution in [3.05, 3.63) is 23.3 Å². The van der Waals surface area contributed by atoms with Crippen LogP contribution in [0.3, 0.4) is 0 Å². The molecular weight excluding hydrogens is 230 g/mol. The zero-order valence-corrected chi connectivity index (χ0v) is 11.7. The van der Waals surface area contributed by atoms with E-state index in [0.29, 0.717) is 5.92 Å². The van der Waals surface area contributed by atoms with Crippen molar-refractivity contribution in [1.82, 2.24) is 5.32 Å². The molecule has 0 saturated carbocycles. The first kappa shape index (κ1) is 12.8. The van der Waals surface area contributed by atoms with E-state index in [1.807, 2.05) is 11.8 Å². The number of nitrogens with one attached hydrogen (secondary N) is 1. The summed E-state index contributed by atoms with van der Waals surface area (Å²) in [6.07, 6.45) is 4.43. The molecule has 1 unspecified atom stereocenters. The van der Waals surface area contributed by atoms with Crippen LogP contribution in [-0.4, -0.2) is 26.5 Å². The highest BCUT2D eigenvalue weighted by molar-refractivity contribution is 7.98. The van der Waals surface area contributed by atoms with Crippen LogP contribution in [0.4, 0.5) is 0 Å². The molecule has 3 heteroatoms. The van der Waals surface area contributed by atoms with Gasteiger partial charge in [0, 0.05) is 11.4 Å². The van der Waals surface area contributed by atoms with Crippen molar-refractivity contribution < 1.29 is 4.74 Å². The molecule has 0 radical (unpaired) electrons. The van der Waals surface area contributed by atoms with Gasteiger partial charge in [-0.05, 0) is 54.8 Å². The monoisotopic (exact) mass is 251 g/mol. The predicted octanol–water partition coefficient (Wildman–Crippen LogP) is 3.06. The first-order valence-corrected chi connectivity index (χ1v) is 7.48. The summed E-state index contributed by atoms with van der Waals surface area (Å²) in [6, 6.07) is 4.56. The average Bonchev–Trinajstić information content (AvgIpc) is 2.90. The number of hydrogen-bond donors (Lipinski definition) is 1. The number of benzene rings is 1. The van der Waals surface area contributed by atoms with Gasteiger partial charge in [-0.1, -0.05) is 6.92 Å². The van der Waals surface area contributed by atoms with Crippen LogP contribution in [0, 0.1) is 0 Å². The van der Waals surface area contributed by atoms with Crippen LogP contribution in [0.5, 0.6) is 5.75 Å². The Morgan fingerprint density at radius 2 is 2.29 bits per heavy atom. The SMILES string of the molecule is CCc1cc(SC)c(C2CCNC2)cc1OC. The maximum absolute atomic E-state index is 5.51. The van der Waals surface area contributed by atoms with Gasteiger partial charge in [0.1, 0.15) is 5.75 Å². The molecule has 1 N–H and O–H groups in total. The van der Waals surface area contributed by atoms with Crippen LogP contribution in [0.15, 0.2) is 17.0 Å². The fourth-order valence-corrected chi connectivity index (χ4v) is 3.22. The van der Waals surface area contributed by atoms with Crippen molar-refractivity contribution in [1.29, 1.82) is 0 Å². The van der Waals surface area contributed by atoms with Crippen molar-refractivity contribution >= 4 is 11.8 Å². The van der Waals surface area contributed by atoms with Gasteiger partial charge < -0.3 is 10.1 Å². The highest BCUT2D eigenvalue weighted by Crippen LogP contribution is 2.36. The normalized spacial score (nSPS) is 19.6. The summed E-state index contributed by atoms with van der Waals surface area (Å²) in [7, 11) is 1.77. The number of methoxy groups -OCH3 is 1. The lowest BCUT2D eigenvalue weighted by Gasteiger charge is -2.17. The Balaban J connectivity index is 2.41. The average molecular weight is 251 g/mol. The zero-order valence-electron chi connectivity index (χ0n) is 10.9. The molecule has 94 valence electrons. The van der Waals surface area contributed by atoms with Crippen molar-refractivity contribution in [3.8, 4) is 5.75 Å². The second-order valence-electron chi connectivity index (χ2n) is 4.45. The quantitative estimate of drug-likeness (QED) is 0.831. The first-order chi connectivity index (χ1) is 8.30. The van der Waals surface area contributed by atoms with Gasteiger partial charge in [0.15, 0.2) is 0 Å². The van der Waals surface area contributed by atoms with Gasteiger partial charge >= 0.3 is 0 Å². The van der Waals surface area contributed by atoms with Crippen molar-refractivity contribution in [2.24, 2.45) is 0 Å². The summed E-state index contributed by atoms with van der Waals surface area (Å²) in [4.78, 5) is 1.41. The van der Waals surface area contributed by atoms with E-state index in [0.717, 1.165) is 25.3 Å². The van der Waals surface area contributed by atoms with Crippen molar-refractivity contribution in [3.63, 3.8) is 0 Å². The standard InChI is InChI=1S/C14H21NOS/c1-4-10-7-14(17-3)12(8-13(10)16-2)11-5-6-15-9-11/h7-8,11,15H,4-6,9H2,1-3H3. The highest BCUT2D eigenvalue weighted by atomic mass is 32.2. The molecular formula is C14H21NOS. The lowest BCUT2D eigenvalue weighted by Crippen LogP contribution is -2.09. The zero-order chi connectivity index (χ0) is 12.3. The third kappa shape index (κ3) is 2.61. The van der Waals surface area contributed by atoms with E-state index in [4.69, 9.17) is 4.74 Å². The molecule has 1 fully saturated rings. The largest absolute Gasteiger partial charge is 0.496 e. The minimum Gasteiger partial charge on any atom is -0.496 e. The summed E-state index contributed by atoms with van der Waals surface area (Å²) >= 11 is 1.85. The Bertz CT molecular complexity index is 386. The van der Waals surface area contributed by atoms with E-state index in [-0.39, 0.29) is 0 Å². The Morgan fingerprint density at radius 1 is 1.47 bits per heavy atom. The number of ether oxygens (including phenoxy) is 1. The van der Waals surface area contributed by atoms with Crippen molar-refractivity contribution in [2.45, 2.75) is 30.6 Å². The first-order valence-electron chi connectivity index (χ1n) is 6.25. The Kier molecular flexibility index (Phi) is 4.35. The maximum Gasteiger partial charge on any atom is 0.122 e. The van der Waals surface area contributed by atoms with E-state index in [1.54, 1.807) is 7.11 Å². The maximum atomic E-state index is 5.51. The number of hydrogen-bond acceptors (Lipinski definition) is 3. The molecule has 2 nitrogen and oxygen atoms in total. The molecule has 1 aliphatic heterocycles. The number of aryl methyl sites for hydroxylation is 1. The van der Waals surface area contributed by atoms with Crippen LogP contribution >= 0.6 is 11.8 Å². The molecule has 0 amide bonds. The van der Waals surface area contributed by atoms with Gasteiger partial charge in [-0.25, -0.2) is 0 Å². The Morgan fingerprint density at radius 3 is 2.82 bits per heavy atom. The molecule has 17 heavy (non-hydrogen) atoms. The van der Waals surface area contributed by atoms with E-state index < -0.39 is 0 Å². The van der Waals surface area contributed by atoms with Crippen LogP contribution in [0.1, 0.15) is 30.4 Å². The summed E-state index contributed by atoms with van der Waals surface area (Å²) < 4.78 is 5.51. The molecule has 0 aliphatic carbocycles. The molecule has 1 heterocycles. The second-order valence-corrected chi connectivity index (χ2v) is 5.30. The topological polar surface area (TPSA) is 21.3 Å². The molecule has 0 aromatic heterocycles. The smallest absolute Gasteiger partial charge is 0.122 e. The summed E-state index contributed by atoms with van der Waals surface area (Å²) in [5, 5.41) is 3.44. The van der Waals surface area contributed by atoms with E-state index in [9.17, 15) is 0 Å². The van der Waals surface area contributed by atoms with Gasteiger partial charge in [0.25, 0.3) is 0 Å². The Labute approximate surface area is 108 Å². The lowest BCUT2D eigenvalue weighted by atomic mass is 9.96. The fraction of sp³-hybridized carbons (Fsp3) is 0.571. The van der Waals surface area contributed by atoms with Gasteiger partial charge in [-0.3, -0.25) is 0 Å². The minimum absolute atomic E-state index is 0.650. The molecule has 1 aromatic carbocycles. The van der Waals surface area contributed by atoms with Crippen LogP contribution in [0.2, 0.25) is 0 Å². The van der Waals surface area contributed by atoms with Crippen LogP contribution in [0.25, 0.3) is 0 Å². The molecule has 1 saturated heterocycles. The fourth-order valence-electron chi connectivity index (χ4n) is 2.50. The number of rotatable bonds is 4. The number of thioether (sulfide) groups is 1. The molecule has 0 spiro atoms. The van der Waals surface area contributed by atoms with Crippen molar-refractivity contribution in [2.75, 3.05) is 26.5 Å². The lowest BCUT2D eigenvalue weighted by molar-refractivity contribution is 0.408. The van der Waals surface area contributed by atoms with Crippen LogP contribution < -0.4 is 10.1 Å². The third-order valence-electron chi connectivity index (χ3n) is 3.51.